The minimum atomic E-state index is -0.362. The quantitative estimate of drug-likeness (QED) is 0.508. The predicted octanol–water partition coefficient (Wildman–Crippen LogP) is 1.28. The van der Waals surface area contributed by atoms with E-state index in [2.05, 4.69) is 5.32 Å². The lowest BCUT2D eigenvalue weighted by molar-refractivity contribution is 0.138. The van der Waals surface area contributed by atoms with Gasteiger partial charge in [-0.3, -0.25) is 0 Å². The van der Waals surface area contributed by atoms with E-state index in [1.54, 1.807) is 0 Å². The molecule has 0 spiro atoms. The molecule has 5 nitrogen and oxygen atoms in total. The number of aliphatic hydroxyl groups excluding tert-OH is 2. The molecule has 0 aromatic rings. The van der Waals surface area contributed by atoms with Crippen LogP contribution in [0.25, 0.3) is 0 Å². The van der Waals surface area contributed by atoms with Gasteiger partial charge in [-0.05, 0) is 19.3 Å². The molecule has 1 amide bonds. The molecular formula is C12H25NO4. The normalized spacial score (nSPS) is 10.6. The van der Waals surface area contributed by atoms with Crippen LogP contribution in [-0.4, -0.2) is 42.7 Å². The van der Waals surface area contributed by atoms with E-state index in [0.717, 1.165) is 32.1 Å². The van der Waals surface area contributed by atoms with Gasteiger partial charge in [-0.2, -0.15) is 0 Å². The van der Waals surface area contributed by atoms with Crippen molar-refractivity contribution in [3.05, 3.63) is 0 Å². The fourth-order valence-corrected chi connectivity index (χ4v) is 1.35. The first-order chi connectivity index (χ1) is 8.24. The molecule has 0 rings (SSSR count). The van der Waals surface area contributed by atoms with Crippen LogP contribution in [0.1, 0.15) is 39.0 Å². The number of hydrogen-bond acceptors (Lipinski definition) is 4. The van der Waals surface area contributed by atoms with Crippen molar-refractivity contribution in [2.24, 2.45) is 5.92 Å². The first-order valence-corrected chi connectivity index (χ1v) is 6.36. The van der Waals surface area contributed by atoms with Crippen molar-refractivity contribution in [3.8, 4) is 0 Å². The Morgan fingerprint density at radius 1 is 1.24 bits per heavy atom. The van der Waals surface area contributed by atoms with Crippen LogP contribution in [0, 0.1) is 5.92 Å². The van der Waals surface area contributed by atoms with Crippen molar-refractivity contribution in [2.75, 3.05) is 26.4 Å². The molecule has 0 aliphatic rings. The van der Waals surface area contributed by atoms with E-state index >= 15 is 0 Å². The van der Waals surface area contributed by atoms with Gasteiger partial charge in [-0.15, -0.1) is 0 Å². The second-order valence-electron chi connectivity index (χ2n) is 4.14. The molecule has 0 fully saturated rings. The number of ether oxygens (including phenoxy) is 1. The Labute approximate surface area is 103 Å². The summed E-state index contributed by atoms with van der Waals surface area (Å²) in [7, 11) is 0. The molecule has 0 atom stereocenters. The highest BCUT2D eigenvalue weighted by atomic mass is 16.5. The molecule has 102 valence electrons. The number of alkyl carbamates (subject to hydrolysis) is 1. The largest absolute Gasteiger partial charge is 0.450 e. The third-order valence-corrected chi connectivity index (χ3v) is 2.56. The second-order valence-corrected chi connectivity index (χ2v) is 4.14. The summed E-state index contributed by atoms with van der Waals surface area (Å²) in [5, 5.41) is 20.3. The molecule has 5 heteroatoms. The van der Waals surface area contributed by atoms with Crippen molar-refractivity contribution in [1.82, 2.24) is 5.32 Å². The zero-order valence-corrected chi connectivity index (χ0v) is 10.7. The maximum Gasteiger partial charge on any atom is 0.407 e. The smallest absolute Gasteiger partial charge is 0.407 e. The Morgan fingerprint density at radius 3 is 2.53 bits per heavy atom. The number of carbonyl (C=O) groups is 1. The van der Waals surface area contributed by atoms with Gasteiger partial charge in [0.25, 0.3) is 0 Å². The molecule has 0 unspecified atom stereocenters. The summed E-state index contributed by atoms with van der Waals surface area (Å²) in [5.41, 5.74) is 0. The van der Waals surface area contributed by atoms with Gasteiger partial charge in [0, 0.05) is 25.7 Å². The summed E-state index contributed by atoms with van der Waals surface area (Å²) in [4.78, 5) is 11.1. The highest BCUT2D eigenvalue weighted by molar-refractivity contribution is 5.66. The fourth-order valence-electron chi connectivity index (χ4n) is 1.35. The number of rotatable bonds is 10. The Morgan fingerprint density at radius 2 is 1.94 bits per heavy atom. The third kappa shape index (κ3) is 10.1. The lowest BCUT2D eigenvalue weighted by Gasteiger charge is -2.10. The van der Waals surface area contributed by atoms with Crippen LogP contribution >= 0.6 is 0 Å². The van der Waals surface area contributed by atoms with E-state index < -0.39 is 0 Å². The number of hydrogen-bond donors (Lipinski definition) is 3. The summed E-state index contributed by atoms with van der Waals surface area (Å²) in [6, 6.07) is 0. The van der Waals surface area contributed by atoms with Gasteiger partial charge in [-0.25, -0.2) is 4.79 Å². The lowest BCUT2D eigenvalue weighted by Crippen LogP contribution is -2.25. The highest BCUT2D eigenvalue weighted by Crippen LogP contribution is 2.06. The molecule has 0 heterocycles. The van der Waals surface area contributed by atoms with Crippen LogP contribution in [0.15, 0.2) is 0 Å². The van der Waals surface area contributed by atoms with Gasteiger partial charge in [0.2, 0.25) is 0 Å². The van der Waals surface area contributed by atoms with E-state index in [1.165, 1.54) is 0 Å². The van der Waals surface area contributed by atoms with E-state index in [1.807, 2.05) is 6.92 Å². The van der Waals surface area contributed by atoms with Gasteiger partial charge in [-0.1, -0.05) is 19.8 Å². The van der Waals surface area contributed by atoms with Crippen LogP contribution in [0.2, 0.25) is 0 Å². The highest BCUT2D eigenvalue weighted by Gasteiger charge is 2.05. The Kier molecular flexibility index (Phi) is 11.1. The van der Waals surface area contributed by atoms with E-state index in [9.17, 15) is 4.79 Å². The first kappa shape index (κ1) is 16.2. The van der Waals surface area contributed by atoms with E-state index in [-0.39, 0.29) is 25.2 Å². The molecule has 0 aliphatic carbocycles. The number of amides is 1. The molecule has 0 bridgehead atoms. The summed E-state index contributed by atoms with van der Waals surface area (Å²) in [6.07, 6.45) is 4.03. The Bertz CT molecular complexity index is 183. The molecule has 0 saturated heterocycles. The minimum absolute atomic E-state index is 0.0169. The monoisotopic (exact) mass is 247 g/mol. The number of nitrogens with one attached hydrogen (secondary N) is 1. The van der Waals surface area contributed by atoms with Crippen LogP contribution in [0.3, 0.4) is 0 Å². The summed E-state index contributed by atoms with van der Waals surface area (Å²) >= 11 is 0. The number of unbranched alkanes of at least 4 members (excludes halogenated alkanes) is 2. The second kappa shape index (κ2) is 11.7. The van der Waals surface area contributed by atoms with E-state index in [0.29, 0.717) is 13.2 Å². The van der Waals surface area contributed by atoms with Crippen molar-refractivity contribution in [2.45, 2.75) is 39.0 Å². The van der Waals surface area contributed by atoms with Gasteiger partial charge in [0.05, 0.1) is 6.61 Å². The van der Waals surface area contributed by atoms with Crippen LogP contribution in [0.4, 0.5) is 4.79 Å². The third-order valence-electron chi connectivity index (χ3n) is 2.56. The molecule has 0 aromatic carbocycles. The van der Waals surface area contributed by atoms with Crippen LogP contribution < -0.4 is 5.32 Å². The van der Waals surface area contributed by atoms with Crippen LogP contribution in [0.5, 0.6) is 0 Å². The number of aliphatic hydroxyl groups is 2. The molecular weight excluding hydrogens is 222 g/mol. The summed E-state index contributed by atoms with van der Waals surface area (Å²) in [5.74, 6) is -0.0356. The van der Waals surface area contributed by atoms with E-state index in [4.69, 9.17) is 14.9 Å². The zero-order valence-electron chi connectivity index (χ0n) is 10.7. The summed E-state index contributed by atoms with van der Waals surface area (Å²) < 4.78 is 4.92. The molecule has 0 saturated carbocycles. The zero-order chi connectivity index (χ0) is 12.9. The van der Waals surface area contributed by atoms with Crippen LogP contribution in [-0.2, 0) is 4.74 Å². The van der Waals surface area contributed by atoms with Gasteiger partial charge >= 0.3 is 6.09 Å². The molecule has 0 aliphatic heterocycles. The maximum atomic E-state index is 11.1. The van der Waals surface area contributed by atoms with Crippen molar-refractivity contribution in [1.29, 1.82) is 0 Å². The predicted molar refractivity (Wildman–Crippen MR) is 65.8 cm³/mol. The Hall–Kier alpha value is -0.810. The molecule has 17 heavy (non-hydrogen) atoms. The average molecular weight is 247 g/mol. The minimum Gasteiger partial charge on any atom is -0.450 e. The standard InChI is InChI=1S/C12H25NO4/c1-2-3-8-17-12(16)13-7-5-4-6-11(9-14)10-15/h11,14-15H,2-10H2,1H3,(H,13,16). The SMILES string of the molecule is CCCCOC(=O)NCCCCC(CO)CO. The molecule has 0 aromatic heterocycles. The average Bonchev–Trinajstić information content (AvgIpc) is 2.34. The fraction of sp³-hybridized carbons (Fsp3) is 0.917. The number of carbonyl (C=O) groups excluding carboxylic acids is 1. The van der Waals surface area contributed by atoms with Crippen molar-refractivity contribution >= 4 is 6.09 Å². The maximum absolute atomic E-state index is 11.1. The van der Waals surface area contributed by atoms with Gasteiger partial charge in [0.15, 0.2) is 0 Å². The summed E-state index contributed by atoms with van der Waals surface area (Å²) in [6.45, 7) is 3.12. The first-order valence-electron chi connectivity index (χ1n) is 6.36. The molecule has 0 radical (unpaired) electrons. The van der Waals surface area contributed by atoms with Gasteiger partial charge in [0.1, 0.15) is 0 Å². The topological polar surface area (TPSA) is 78.8 Å². The van der Waals surface area contributed by atoms with Crippen molar-refractivity contribution in [3.63, 3.8) is 0 Å². The lowest BCUT2D eigenvalue weighted by atomic mass is 10.0. The van der Waals surface area contributed by atoms with Crippen molar-refractivity contribution < 1.29 is 19.7 Å². The molecule has 3 N–H and O–H groups in total. The Balaban J connectivity index is 3.29. The van der Waals surface area contributed by atoms with Gasteiger partial charge < -0.3 is 20.3 Å².